The van der Waals surface area contributed by atoms with E-state index >= 15 is 0 Å². The smallest absolute Gasteiger partial charge is 0.251 e. The number of amides is 1. The van der Waals surface area contributed by atoms with E-state index in [9.17, 15) is 4.79 Å². The van der Waals surface area contributed by atoms with Gasteiger partial charge in [0.1, 0.15) is 0 Å². The van der Waals surface area contributed by atoms with Crippen molar-refractivity contribution in [1.82, 2.24) is 15.3 Å². The fourth-order valence-corrected chi connectivity index (χ4v) is 2.01. The third-order valence-corrected chi connectivity index (χ3v) is 3.08. The van der Waals surface area contributed by atoms with Gasteiger partial charge in [0.05, 0.1) is 0 Å². The molecule has 2 heterocycles. The number of hydrogen-bond acceptors (Lipinski definition) is 3. The van der Waals surface area contributed by atoms with Gasteiger partial charge in [0.2, 0.25) is 0 Å². The normalized spacial score (nSPS) is 10.4. The molecule has 0 atom stereocenters. The minimum Gasteiger partial charge on any atom is -0.348 e. The number of hydrogen-bond donors (Lipinski definition) is 1. The van der Waals surface area contributed by atoms with Gasteiger partial charge in [-0.15, -0.1) is 0 Å². The van der Waals surface area contributed by atoms with Crippen molar-refractivity contribution in [2.75, 3.05) is 0 Å². The highest BCUT2D eigenvalue weighted by Crippen LogP contribution is 2.14. The Morgan fingerprint density at radius 2 is 1.90 bits per heavy atom. The third kappa shape index (κ3) is 2.64. The molecule has 0 spiro atoms. The Morgan fingerprint density at radius 3 is 2.75 bits per heavy atom. The molecule has 0 saturated carbocycles. The number of nitrogens with zero attached hydrogens (tertiary/aromatic N) is 2. The lowest BCUT2D eigenvalue weighted by atomic mass is 10.1. The van der Waals surface area contributed by atoms with Crippen molar-refractivity contribution >= 4 is 16.7 Å². The lowest BCUT2D eigenvalue weighted by Gasteiger charge is -2.06. The summed E-state index contributed by atoms with van der Waals surface area (Å²) < 4.78 is 0. The first-order valence-electron chi connectivity index (χ1n) is 6.34. The summed E-state index contributed by atoms with van der Waals surface area (Å²) in [7, 11) is 0. The highest BCUT2D eigenvalue weighted by atomic mass is 16.1. The van der Waals surface area contributed by atoms with E-state index in [0.717, 1.165) is 16.3 Å². The molecule has 0 aliphatic rings. The Labute approximate surface area is 116 Å². The van der Waals surface area contributed by atoms with E-state index in [1.807, 2.05) is 36.4 Å². The second kappa shape index (κ2) is 5.48. The number of benzene rings is 1. The molecule has 4 heteroatoms. The van der Waals surface area contributed by atoms with Gasteiger partial charge in [0.25, 0.3) is 5.91 Å². The number of pyridine rings is 2. The van der Waals surface area contributed by atoms with Crippen LogP contribution in [0.4, 0.5) is 0 Å². The highest BCUT2D eigenvalue weighted by Gasteiger charge is 2.06. The van der Waals surface area contributed by atoms with Crippen molar-refractivity contribution in [1.29, 1.82) is 0 Å². The number of rotatable bonds is 3. The fourth-order valence-electron chi connectivity index (χ4n) is 2.01. The maximum absolute atomic E-state index is 12.1. The van der Waals surface area contributed by atoms with Crippen LogP contribution in [0.15, 0.2) is 61.2 Å². The molecule has 0 bridgehead atoms. The van der Waals surface area contributed by atoms with Gasteiger partial charge in [0.15, 0.2) is 0 Å². The Balaban J connectivity index is 1.75. The number of nitrogens with one attached hydrogen (secondary N) is 1. The third-order valence-electron chi connectivity index (χ3n) is 3.08. The van der Waals surface area contributed by atoms with Crippen LogP contribution < -0.4 is 5.32 Å². The van der Waals surface area contributed by atoms with Gasteiger partial charge in [-0.2, -0.15) is 0 Å². The van der Waals surface area contributed by atoms with E-state index in [1.54, 1.807) is 24.8 Å². The predicted molar refractivity (Wildman–Crippen MR) is 77.2 cm³/mol. The van der Waals surface area contributed by atoms with E-state index in [1.165, 1.54) is 0 Å². The van der Waals surface area contributed by atoms with Crippen molar-refractivity contribution in [3.63, 3.8) is 0 Å². The number of carbonyl (C=O) groups excluding carboxylic acids is 1. The number of aromatic nitrogens is 2. The molecule has 4 nitrogen and oxygen atoms in total. The van der Waals surface area contributed by atoms with Crippen LogP contribution >= 0.6 is 0 Å². The first-order valence-corrected chi connectivity index (χ1v) is 6.34. The average molecular weight is 263 g/mol. The summed E-state index contributed by atoms with van der Waals surface area (Å²) in [6.07, 6.45) is 6.96. The van der Waals surface area contributed by atoms with Crippen LogP contribution in [0.2, 0.25) is 0 Å². The molecule has 0 aliphatic heterocycles. The van der Waals surface area contributed by atoms with Crippen LogP contribution in [0, 0.1) is 0 Å². The Hall–Kier alpha value is -2.75. The molecule has 0 fully saturated rings. The molecule has 3 rings (SSSR count). The van der Waals surface area contributed by atoms with Gasteiger partial charge < -0.3 is 5.32 Å². The second-order valence-electron chi connectivity index (χ2n) is 4.48. The molecule has 20 heavy (non-hydrogen) atoms. The molecule has 1 N–H and O–H groups in total. The lowest BCUT2D eigenvalue weighted by Crippen LogP contribution is -2.22. The van der Waals surface area contributed by atoms with Gasteiger partial charge in [-0.25, -0.2) is 0 Å². The number of carbonyl (C=O) groups is 1. The van der Waals surface area contributed by atoms with Crippen molar-refractivity contribution in [2.24, 2.45) is 0 Å². The Morgan fingerprint density at radius 1 is 1.00 bits per heavy atom. The topological polar surface area (TPSA) is 54.9 Å². The molecule has 0 aliphatic carbocycles. The second-order valence-corrected chi connectivity index (χ2v) is 4.48. The molecule has 0 unspecified atom stereocenters. The summed E-state index contributed by atoms with van der Waals surface area (Å²) in [5, 5.41) is 4.92. The quantitative estimate of drug-likeness (QED) is 0.790. The van der Waals surface area contributed by atoms with E-state index < -0.39 is 0 Å². The standard InChI is InChI=1S/C16H13N3O/c20-16(19-10-12-2-1-6-17-9-12)14-3-4-15-11-18-7-5-13(15)8-14/h1-9,11H,10H2,(H,19,20). The first kappa shape index (κ1) is 12.3. The van der Waals surface area contributed by atoms with Crippen LogP contribution in [-0.4, -0.2) is 15.9 Å². The maximum atomic E-state index is 12.1. The van der Waals surface area contributed by atoms with E-state index in [-0.39, 0.29) is 5.91 Å². The SMILES string of the molecule is O=C(NCc1cccnc1)c1ccc2cnccc2c1. The molecule has 3 aromatic rings. The molecule has 1 amide bonds. The van der Waals surface area contributed by atoms with Gasteiger partial charge in [-0.1, -0.05) is 12.1 Å². The fraction of sp³-hybridized carbons (Fsp3) is 0.0625. The number of fused-ring (bicyclic) bond motifs is 1. The molecule has 0 saturated heterocycles. The lowest BCUT2D eigenvalue weighted by molar-refractivity contribution is 0.0951. The molecular weight excluding hydrogens is 250 g/mol. The maximum Gasteiger partial charge on any atom is 0.251 e. The largest absolute Gasteiger partial charge is 0.348 e. The van der Waals surface area contributed by atoms with Gasteiger partial charge in [-0.05, 0) is 35.2 Å². The minimum atomic E-state index is -0.0902. The van der Waals surface area contributed by atoms with E-state index in [4.69, 9.17) is 0 Å². The van der Waals surface area contributed by atoms with Crippen molar-refractivity contribution in [3.05, 3.63) is 72.3 Å². The Bertz CT molecular complexity index is 741. The molecule has 2 aromatic heterocycles. The molecular formula is C16H13N3O. The zero-order valence-electron chi connectivity index (χ0n) is 10.8. The zero-order chi connectivity index (χ0) is 13.8. The summed E-state index contributed by atoms with van der Waals surface area (Å²) in [5.74, 6) is -0.0902. The van der Waals surface area contributed by atoms with Crippen LogP contribution in [0.1, 0.15) is 15.9 Å². The van der Waals surface area contributed by atoms with Crippen molar-refractivity contribution < 1.29 is 4.79 Å². The van der Waals surface area contributed by atoms with Gasteiger partial charge in [0, 0.05) is 42.3 Å². The predicted octanol–water partition coefficient (Wildman–Crippen LogP) is 2.56. The molecule has 98 valence electrons. The van der Waals surface area contributed by atoms with Crippen LogP contribution in [0.25, 0.3) is 10.8 Å². The zero-order valence-corrected chi connectivity index (χ0v) is 10.8. The van der Waals surface area contributed by atoms with Crippen LogP contribution in [0.3, 0.4) is 0 Å². The van der Waals surface area contributed by atoms with E-state index in [2.05, 4.69) is 15.3 Å². The van der Waals surface area contributed by atoms with Crippen LogP contribution in [-0.2, 0) is 6.54 Å². The van der Waals surface area contributed by atoms with E-state index in [0.29, 0.717) is 12.1 Å². The minimum absolute atomic E-state index is 0.0902. The highest BCUT2D eigenvalue weighted by molar-refractivity contribution is 5.98. The average Bonchev–Trinajstić information content (AvgIpc) is 2.53. The van der Waals surface area contributed by atoms with Crippen molar-refractivity contribution in [2.45, 2.75) is 6.54 Å². The van der Waals surface area contributed by atoms with Crippen LogP contribution in [0.5, 0.6) is 0 Å². The van der Waals surface area contributed by atoms with Gasteiger partial charge >= 0.3 is 0 Å². The molecule has 1 aromatic carbocycles. The first-order chi connectivity index (χ1) is 9.83. The summed E-state index contributed by atoms with van der Waals surface area (Å²) in [6, 6.07) is 11.3. The summed E-state index contributed by atoms with van der Waals surface area (Å²) >= 11 is 0. The van der Waals surface area contributed by atoms with Crippen molar-refractivity contribution in [3.8, 4) is 0 Å². The van der Waals surface area contributed by atoms with Gasteiger partial charge in [-0.3, -0.25) is 14.8 Å². The monoisotopic (exact) mass is 263 g/mol. The summed E-state index contributed by atoms with van der Waals surface area (Å²) in [4.78, 5) is 20.2. The summed E-state index contributed by atoms with van der Waals surface area (Å²) in [5.41, 5.74) is 1.62. The Kier molecular flexibility index (Phi) is 3.37. The molecule has 0 radical (unpaired) electrons. The summed E-state index contributed by atoms with van der Waals surface area (Å²) in [6.45, 7) is 0.473.